The highest BCUT2D eigenvalue weighted by atomic mass is 16.2. The van der Waals surface area contributed by atoms with E-state index in [1.807, 2.05) is 6.07 Å². The number of carbonyl (C=O) groups excluding carboxylic acids is 2. The first kappa shape index (κ1) is 20.3. The van der Waals surface area contributed by atoms with E-state index in [4.69, 9.17) is 0 Å². The average Bonchev–Trinajstić information content (AvgIpc) is 3.05. The molecule has 1 spiro atoms. The van der Waals surface area contributed by atoms with Crippen molar-refractivity contribution in [1.82, 2.24) is 20.2 Å². The van der Waals surface area contributed by atoms with E-state index in [0.29, 0.717) is 12.2 Å². The quantitative estimate of drug-likeness (QED) is 0.812. The second-order valence-electron chi connectivity index (χ2n) is 8.53. The van der Waals surface area contributed by atoms with Crippen molar-refractivity contribution in [3.05, 3.63) is 48.3 Å². The first-order chi connectivity index (χ1) is 14.3. The number of nitrogens with zero attached hydrogens (tertiary/aromatic N) is 4. The van der Waals surface area contributed by atoms with Crippen molar-refractivity contribution < 1.29 is 9.59 Å². The molecule has 8 nitrogen and oxygen atoms in total. The first-order valence-electron chi connectivity index (χ1n) is 10.3. The maximum atomic E-state index is 12.8. The van der Waals surface area contributed by atoms with Crippen LogP contribution in [0.5, 0.6) is 0 Å². The number of hydrogen-bond acceptors (Lipinski definition) is 5. The van der Waals surface area contributed by atoms with Crippen LogP contribution in [-0.2, 0) is 10.3 Å². The molecular weight excluding hydrogens is 380 g/mol. The molecule has 1 saturated carbocycles. The molecule has 3 amide bonds. The van der Waals surface area contributed by atoms with Gasteiger partial charge in [0.25, 0.3) is 0 Å². The number of anilines is 2. The van der Waals surface area contributed by atoms with Crippen molar-refractivity contribution in [2.45, 2.75) is 43.7 Å². The van der Waals surface area contributed by atoms with Crippen LogP contribution in [0.4, 0.5) is 16.4 Å². The van der Waals surface area contributed by atoms with E-state index in [9.17, 15) is 9.59 Å². The fourth-order valence-electron chi connectivity index (χ4n) is 4.77. The van der Waals surface area contributed by atoms with Crippen molar-refractivity contribution >= 4 is 23.6 Å². The van der Waals surface area contributed by atoms with Gasteiger partial charge in [0, 0.05) is 12.5 Å². The highest BCUT2D eigenvalue weighted by molar-refractivity contribution is 5.95. The zero-order valence-electron chi connectivity index (χ0n) is 17.7. The lowest BCUT2D eigenvalue weighted by atomic mass is 9.69. The van der Waals surface area contributed by atoms with Gasteiger partial charge in [-0.05, 0) is 45.3 Å². The minimum Gasteiger partial charge on any atom is -0.330 e. The Labute approximate surface area is 176 Å². The molecule has 1 aliphatic carbocycles. The molecule has 4 rings (SSSR count). The molecule has 1 aromatic carbocycles. The van der Waals surface area contributed by atoms with Crippen molar-refractivity contribution in [2.75, 3.05) is 30.9 Å². The first-order valence-corrected chi connectivity index (χ1v) is 10.3. The maximum Gasteiger partial charge on any atom is 0.322 e. The van der Waals surface area contributed by atoms with Gasteiger partial charge in [0.2, 0.25) is 11.9 Å². The average molecular weight is 409 g/mol. The number of carbonyl (C=O) groups is 2. The Balaban J connectivity index is 1.50. The summed E-state index contributed by atoms with van der Waals surface area (Å²) in [5, 5.41) is 5.78. The summed E-state index contributed by atoms with van der Waals surface area (Å²) in [7, 11) is 4.27. The van der Waals surface area contributed by atoms with E-state index in [1.54, 1.807) is 17.3 Å². The van der Waals surface area contributed by atoms with Crippen molar-refractivity contribution in [1.29, 1.82) is 0 Å². The highest BCUT2D eigenvalue weighted by Crippen LogP contribution is 2.46. The Morgan fingerprint density at radius 3 is 2.30 bits per heavy atom. The summed E-state index contributed by atoms with van der Waals surface area (Å²) in [5.74, 6) is 0.00229. The number of rotatable bonds is 4. The SMILES string of the molecule is CC(=O)Nc1ncc(N2C[C@]3(CC[C@@](c4ccccc4)(N(C)C)CC3)NC2=O)cn1. The summed E-state index contributed by atoms with van der Waals surface area (Å²) in [5.41, 5.74) is 1.69. The van der Waals surface area contributed by atoms with Gasteiger partial charge in [0.15, 0.2) is 0 Å². The number of benzene rings is 1. The Morgan fingerprint density at radius 2 is 1.73 bits per heavy atom. The van der Waals surface area contributed by atoms with Gasteiger partial charge in [-0.2, -0.15) is 0 Å². The van der Waals surface area contributed by atoms with E-state index in [1.165, 1.54) is 12.5 Å². The molecule has 8 heteroatoms. The summed E-state index contributed by atoms with van der Waals surface area (Å²) in [6, 6.07) is 10.5. The molecule has 158 valence electrons. The summed E-state index contributed by atoms with van der Waals surface area (Å²) in [6.45, 7) is 1.99. The van der Waals surface area contributed by atoms with Crippen LogP contribution < -0.4 is 15.5 Å². The van der Waals surface area contributed by atoms with Crippen LogP contribution in [0.15, 0.2) is 42.7 Å². The van der Waals surface area contributed by atoms with E-state index in [2.05, 4.69) is 63.9 Å². The molecule has 2 aliphatic rings. The number of aromatic nitrogens is 2. The minimum absolute atomic E-state index is 0.0201. The number of nitrogens with one attached hydrogen (secondary N) is 2. The van der Waals surface area contributed by atoms with Crippen LogP contribution in [0.3, 0.4) is 0 Å². The Kier molecular flexibility index (Phi) is 5.19. The molecule has 0 atom stereocenters. The van der Waals surface area contributed by atoms with Crippen LogP contribution in [0.25, 0.3) is 0 Å². The van der Waals surface area contributed by atoms with Gasteiger partial charge >= 0.3 is 6.03 Å². The molecule has 0 unspecified atom stereocenters. The second-order valence-corrected chi connectivity index (χ2v) is 8.53. The molecule has 2 heterocycles. The van der Waals surface area contributed by atoms with Crippen LogP contribution >= 0.6 is 0 Å². The predicted octanol–water partition coefficient (Wildman–Crippen LogP) is 2.73. The minimum atomic E-state index is -0.248. The molecule has 30 heavy (non-hydrogen) atoms. The van der Waals surface area contributed by atoms with Crippen LogP contribution in [0.1, 0.15) is 38.2 Å². The zero-order chi connectivity index (χ0) is 21.4. The van der Waals surface area contributed by atoms with E-state index < -0.39 is 0 Å². The van der Waals surface area contributed by atoms with Gasteiger partial charge in [-0.25, -0.2) is 14.8 Å². The Bertz CT molecular complexity index is 920. The summed E-state index contributed by atoms with van der Waals surface area (Å²) in [6.07, 6.45) is 6.88. The molecule has 1 saturated heterocycles. The van der Waals surface area contributed by atoms with Gasteiger partial charge in [0.1, 0.15) is 0 Å². The van der Waals surface area contributed by atoms with Crippen molar-refractivity contribution in [3.63, 3.8) is 0 Å². The molecule has 2 N–H and O–H groups in total. The standard InChI is InChI=1S/C22H28N6O2/c1-16(29)25-19-23-13-18(14-24-19)28-15-21(26-20(28)30)9-11-22(12-10-21,27(2)3)17-7-5-4-6-8-17/h4-8,13-14H,9-12,15H2,1-3H3,(H,26,30)(H,23,24,25,29)/t21-,22-. The smallest absolute Gasteiger partial charge is 0.322 e. The third-order valence-electron chi connectivity index (χ3n) is 6.52. The molecule has 1 aliphatic heterocycles. The van der Waals surface area contributed by atoms with Crippen LogP contribution in [0, 0.1) is 0 Å². The summed E-state index contributed by atoms with van der Waals surface area (Å²) >= 11 is 0. The van der Waals surface area contributed by atoms with Gasteiger partial charge in [0.05, 0.1) is 30.2 Å². The predicted molar refractivity (Wildman–Crippen MR) is 115 cm³/mol. The molecular formula is C22H28N6O2. The van der Waals surface area contributed by atoms with Gasteiger partial charge < -0.3 is 5.32 Å². The van der Waals surface area contributed by atoms with Crippen LogP contribution in [0.2, 0.25) is 0 Å². The van der Waals surface area contributed by atoms with Gasteiger partial charge in [-0.1, -0.05) is 30.3 Å². The molecule has 2 aromatic rings. The van der Waals surface area contributed by atoms with Crippen LogP contribution in [-0.4, -0.2) is 53.0 Å². The summed E-state index contributed by atoms with van der Waals surface area (Å²) in [4.78, 5) is 36.2. The lowest BCUT2D eigenvalue weighted by Gasteiger charge is -2.48. The monoisotopic (exact) mass is 408 g/mol. The lowest BCUT2D eigenvalue weighted by molar-refractivity contribution is -0.114. The Morgan fingerprint density at radius 1 is 1.10 bits per heavy atom. The third kappa shape index (κ3) is 3.63. The van der Waals surface area contributed by atoms with E-state index in [0.717, 1.165) is 25.7 Å². The third-order valence-corrected chi connectivity index (χ3v) is 6.52. The molecule has 0 bridgehead atoms. The van der Waals surface area contributed by atoms with Gasteiger partial charge in [-0.3, -0.25) is 19.9 Å². The molecule has 2 fully saturated rings. The Hall–Kier alpha value is -3.00. The van der Waals surface area contributed by atoms with Gasteiger partial charge in [-0.15, -0.1) is 0 Å². The number of hydrogen-bond donors (Lipinski definition) is 2. The topological polar surface area (TPSA) is 90.5 Å². The normalized spacial score (nSPS) is 26.1. The molecule has 1 aromatic heterocycles. The number of urea groups is 1. The fourth-order valence-corrected chi connectivity index (χ4v) is 4.77. The lowest BCUT2D eigenvalue weighted by Crippen LogP contribution is -2.54. The van der Waals surface area contributed by atoms with Crippen molar-refractivity contribution in [2.24, 2.45) is 0 Å². The number of amides is 3. The van der Waals surface area contributed by atoms with Crippen molar-refractivity contribution in [3.8, 4) is 0 Å². The second kappa shape index (κ2) is 7.68. The zero-order valence-corrected chi connectivity index (χ0v) is 17.7. The maximum absolute atomic E-state index is 12.8. The van der Waals surface area contributed by atoms with E-state index >= 15 is 0 Å². The fraction of sp³-hybridized carbons (Fsp3) is 0.455. The summed E-state index contributed by atoms with van der Waals surface area (Å²) < 4.78 is 0. The largest absolute Gasteiger partial charge is 0.330 e. The molecule has 0 radical (unpaired) electrons. The van der Waals surface area contributed by atoms with E-state index in [-0.39, 0.29) is 29.0 Å². The highest BCUT2D eigenvalue weighted by Gasteiger charge is 2.50.